The molecular weight excluding hydrogens is 304 g/mol. The lowest BCUT2D eigenvalue weighted by Crippen LogP contribution is -2.39. The third-order valence-corrected chi connectivity index (χ3v) is 3.95. The van der Waals surface area contributed by atoms with Gasteiger partial charge in [0, 0.05) is 23.7 Å². The summed E-state index contributed by atoms with van der Waals surface area (Å²) in [5.41, 5.74) is 1.24. The fourth-order valence-corrected chi connectivity index (χ4v) is 2.65. The smallest absolute Gasteiger partial charge is 0.258 e. The first-order chi connectivity index (χ1) is 11.7. The quantitative estimate of drug-likeness (QED) is 0.795. The van der Waals surface area contributed by atoms with Gasteiger partial charge in [0.15, 0.2) is 12.4 Å². The molecular formula is C19H20N2O3. The van der Waals surface area contributed by atoms with Gasteiger partial charge in [0.05, 0.1) is 0 Å². The average molecular weight is 324 g/mol. The van der Waals surface area contributed by atoms with Crippen molar-refractivity contribution in [1.82, 2.24) is 10.6 Å². The molecule has 1 atom stereocenters. The third kappa shape index (κ3) is 4.20. The lowest BCUT2D eigenvalue weighted by atomic mass is 10.0. The molecule has 124 valence electrons. The van der Waals surface area contributed by atoms with Crippen LogP contribution in [0, 0.1) is 0 Å². The van der Waals surface area contributed by atoms with E-state index in [0.717, 1.165) is 19.5 Å². The molecule has 1 amide bonds. The summed E-state index contributed by atoms with van der Waals surface area (Å²) in [6.07, 6.45) is 0.946. The zero-order valence-corrected chi connectivity index (χ0v) is 13.3. The van der Waals surface area contributed by atoms with Crippen LogP contribution >= 0.6 is 0 Å². The summed E-state index contributed by atoms with van der Waals surface area (Å²) in [6.45, 7) is 1.72. The summed E-state index contributed by atoms with van der Waals surface area (Å²) < 4.78 is 5.47. The Kier molecular flexibility index (Phi) is 5.23. The van der Waals surface area contributed by atoms with Crippen LogP contribution in [0.5, 0.6) is 5.75 Å². The second kappa shape index (κ2) is 7.75. The van der Waals surface area contributed by atoms with Gasteiger partial charge in [0.1, 0.15) is 5.75 Å². The minimum Gasteiger partial charge on any atom is -0.484 e. The van der Waals surface area contributed by atoms with Crippen LogP contribution in [-0.4, -0.2) is 37.4 Å². The summed E-state index contributed by atoms with van der Waals surface area (Å²) in [5, 5.41) is 6.11. The number of carbonyl (C=O) groups is 2. The van der Waals surface area contributed by atoms with Gasteiger partial charge < -0.3 is 15.4 Å². The van der Waals surface area contributed by atoms with Gasteiger partial charge in [0.2, 0.25) is 0 Å². The predicted octanol–water partition coefficient (Wildman–Crippen LogP) is 1.77. The van der Waals surface area contributed by atoms with E-state index in [1.807, 2.05) is 18.2 Å². The number of rotatable bonds is 6. The Balaban J connectivity index is 1.53. The highest BCUT2D eigenvalue weighted by Crippen LogP contribution is 2.15. The largest absolute Gasteiger partial charge is 0.484 e. The summed E-state index contributed by atoms with van der Waals surface area (Å²) in [4.78, 5) is 24.1. The molecule has 0 radical (unpaired) electrons. The maximum absolute atomic E-state index is 12.3. The van der Waals surface area contributed by atoms with Crippen LogP contribution in [0.2, 0.25) is 0 Å². The van der Waals surface area contributed by atoms with Crippen molar-refractivity contribution in [3.63, 3.8) is 0 Å². The number of benzene rings is 2. The van der Waals surface area contributed by atoms with Crippen LogP contribution in [0.4, 0.5) is 0 Å². The predicted molar refractivity (Wildman–Crippen MR) is 91.2 cm³/mol. The molecule has 0 aromatic heterocycles. The Bertz CT molecular complexity index is 692. The number of carbonyl (C=O) groups excluding carboxylic acids is 2. The van der Waals surface area contributed by atoms with Crippen LogP contribution in [0.15, 0.2) is 54.6 Å². The molecule has 0 saturated carbocycles. The molecule has 5 heteroatoms. The van der Waals surface area contributed by atoms with E-state index in [-0.39, 0.29) is 24.3 Å². The third-order valence-electron chi connectivity index (χ3n) is 3.95. The van der Waals surface area contributed by atoms with Gasteiger partial charge in [-0.25, -0.2) is 0 Å². The fourth-order valence-electron chi connectivity index (χ4n) is 2.65. The molecule has 0 spiro atoms. The van der Waals surface area contributed by atoms with E-state index < -0.39 is 0 Å². The van der Waals surface area contributed by atoms with E-state index in [1.165, 1.54) is 0 Å². The zero-order chi connectivity index (χ0) is 16.8. The molecule has 1 fully saturated rings. The monoisotopic (exact) mass is 324 g/mol. The molecule has 1 unspecified atom stereocenters. The Labute approximate surface area is 141 Å². The van der Waals surface area contributed by atoms with Crippen LogP contribution in [-0.2, 0) is 4.79 Å². The van der Waals surface area contributed by atoms with E-state index in [0.29, 0.717) is 16.9 Å². The summed E-state index contributed by atoms with van der Waals surface area (Å²) >= 11 is 0. The molecule has 2 N–H and O–H groups in total. The SMILES string of the molecule is O=C(COc1ccc(C(=O)c2ccccc2)cc1)NC1CCNC1. The van der Waals surface area contributed by atoms with Gasteiger partial charge in [-0.15, -0.1) is 0 Å². The van der Waals surface area contributed by atoms with Gasteiger partial charge in [0.25, 0.3) is 5.91 Å². The minimum atomic E-state index is -0.131. The zero-order valence-electron chi connectivity index (χ0n) is 13.3. The van der Waals surface area contributed by atoms with Crippen LogP contribution in [0.3, 0.4) is 0 Å². The van der Waals surface area contributed by atoms with Gasteiger partial charge >= 0.3 is 0 Å². The summed E-state index contributed by atoms with van der Waals surface area (Å²) in [5.74, 6) is 0.404. The first-order valence-electron chi connectivity index (χ1n) is 8.05. The van der Waals surface area contributed by atoms with Crippen molar-refractivity contribution in [2.45, 2.75) is 12.5 Å². The van der Waals surface area contributed by atoms with Crippen molar-refractivity contribution in [2.75, 3.05) is 19.7 Å². The molecule has 0 aliphatic carbocycles. The maximum atomic E-state index is 12.3. The van der Waals surface area contributed by atoms with Crippen molar-refractivity contribution < 1.29 is 14.3 Å². The molecule has 0 bridgehead atoms. The number of ketones is 1. The van der Waals surface area contributed by atoms with Crippen LogP contribution in [0.25, 0.3) is 0 Å². The van der Waals surface area contributed by atoms with Gasteiger partial charge in [-0.2, -0.15) is 0 Å². The van der Waals surface area contributed by atoms with E-state index in [2.05, 4.69) is 10.6 Å². The molecule has 5 nitrogen and oxygen atoms in total. The summed E-state index contributed by atoms with van der Waals surface area (Å²) in [6, 6.07) is 16.2. The topological polar surface area (TPSA) is 67.4 Å². The molecule has 2 aromatic carbocycles. The van der Waals surface area contributed by atoms with Crippen LogP contribution in [0.1, 0.15) is 22.3 Å². The van der Waals surface area contributed by atoms with Crippen molar-refractivity contribution in [3.05, 3.63) is 65.7 Å². The molecule has 1 aliphatic rings. The first-order valence-corrected chi connectivity index (χ1v) is 8.05. The highest BCUT2D eigenvalue weighted by Gasteiger charge is 2.16. The van der Waals surface area contributed by atoms with Crippen molar-refractivity contribution in [1.29, 1.82) is 0 Å². The Morgan fingerprint density at radius 2 is 1.75 bits per heavy atom. The normalized spacial score (nSPS) is 16.6. The van der Waals surface area contributed by atoms with E-state index in [4.69, 9.17) is 4.74 Å². The number of hydrogen-bond donors (Lipinski definition) is 2. The van der Waals surface area contributed by atoms with Gasteiger partial charge in [-0.05, 0) is 37.2 Å². The van der Waals surface area contributed by atoms with Gasteiger partial charge in [-0.3, -0.25) is 9.59 Å². The minimum absolute atomic E-state index is 0.0253. The molecule has 1 heterocycles. The number of amides is 1. The lowest BCUT2D eigenvalue weighted by molar-refractivity contribution is -0.123. The Hall–Kier alpha value is -2.66. The van der Waals surface area contributed by atoms with E-state index in [9.17, 15) is 9.59 Å². The second-order valence-corrected chi connectivity index (χ2v) is 5.77. The number of ether oxygens (including phenoxy) is 1. The van der Waals surface area contributed by atoms with E-state index in [1.54, 1.807) is 36.4 Å². The molecule has 2 aromatic rings. The Morgan fingerprint density at radius 3 is 2.42 bits per heavy atom. The fraction of sp³-hybridized carbons (Fsp3) is 0.263. The van der Waals surface area contributed by atoms with Crippen molar-refractivity contribution >= 4 is 11.7 Å². The maximum Gasteiger partial charge on any atom is 0.258 e. The Morgan fingerprint density at radius 1 is 1.04 bits per heavy atom. The highest BCUT2D eigenvalue weighted by atomic mass is 16.5. The molecule has 1 saturated heterocycles. The van der Waals surface area contributed by atoms with Crippen molar-refractivity contribution in [3.8, 4) is 5.75 Å². The number of hydrogen-bond acceptors (Lipinski definition) is 4. The van der Waals surface area contributed by atoms with Crippen molar-refractivity contribution in [2.24, 2.45) is 0 Å². The average Bonchev–Trinajstić information content (AvgIpc) is 3.13. The second-order valence-electron chi connectivity index (χ2n) is 5.77. The molecule has 1 aliphatic heterocycles. The molecule has 3 rings (SSSR count). The lowest BCUT2D eigenvalue weighted by Gasteiger charge is -2.12. The van der Waals surface area contributed by atoms with Gasteiger partial charge in [-0.1, -0.05) is 30.3 Å². The number of nitrogens with one attached hydrogen (secondary N) is 2. The van der Waals surface area contributed by atoms with E-state index >= 15 is 0 Å². The van der Waals surface area contributed by atoms with Crippen LogP contribution < -0.4 is 15.4 Å². The highest BCUT2D eigenvalue weighted by molar-refractivity contribution is 6.08. The first kappa shape index (κ1) is 16.2. The standard InChI is InChI=1S/C19H20N2O3/c22-18(21-16-10-11-20-12-16)13-24-17-8-6-15(7-9-17)19(23)14-4-2-1-3-5-14/h1-9,16,20H,10-13H2,(H,21,22). The summed E-state index contributed by atoms with van der Waals surface area (Å²) in [7, 11) is 0. The molecule has 24 heavy (non-hydrogen) atoms.